The Bertz CT molecular complexity index is 365. The first-order valence-corrected chi connectivity index (χ1v) is 5.08. The third-order valence-corrected chi connectivity index (χ3v) is 3.06. The van der Waals surface area contributed by atoms with E-state index in [0.717, 1.165) is 16.6 Å². The van der Waals surface area contributed by atoms with E-state index in [4.69, 9.17) is 16.3 Å². The van der Waals surface area contributed by atoms with Crippen molar-refractivity contribution >= 4 is 33.4 Å². The van der Waals surface area contributed by atoms with Crippen molar-refractivity contribution in [2.45, 2.75) is 0 Å². The largest absolute Gasteiger partial charge is 0.475 e. The summed E-state index contributed by atoms with van der Waals surface area (Å²) in [6.07, 6.45) is 0. The van der Waals surface area contributed by atoms with Crippen molar-refractivity contribution in [1.82, 2.24) is 0 Å². The van der Waals surface area contributed by atoms with Gasteiger partial charge in [-0.2, -0.15) is 0 Å². The van der Waals surface area contributed by atoms with Crippen molar-refractivity contribution in [3.63, 3.8) is 0 Å². The Morgan fingerprint density at radius 3 is 3.00 bits per heavy atom. The zero-order valence-corrected chi connectivity index (χ0v) is 9.10. The van der Waals surface area contributed by atoms with E-state index >= 15 is 0 Å². The molecule has 13 heavy (non-hydrogen) atoms. The first-order chi connectivity index (χ1) is 6.29. The smallest absolute Gasteiger partial charge is 0.217 e. The fourth-order valence-corrected chi connectivity index (χ4v) is 1.74. The van der Waals surface area contributed by atoms with Gasteiger partial charge < -0.3 is 4.74 Å². The van der Waals surface area contributed by atoms with Crippen LogP contribution in [0.25, 0.3) is 0 Å². The zero-order chi connectivity index (χ0) is 9.26. The molecule has 1 aliphatic heterocycles. The number of hydrogen-bond acceptors (Lipinski definition) is 2. The van der Waals surface area contributed by atoms with E-state index in [1.165, 1.54) is 0 Å². The highest BCUT2D eigenvalue weighted by molar-refractivity contribution is 9.10. The van der Waals surface area contributed by atoms with Crippen LogP contribution in [0.3, 0.4) is 0 Å². The lowest BCUT2D eigenvalue weighted by Crippen LogP contribution is -2.01. The van der Waals surface area contributed by atoms with Crippen LogP contribution in [-0.2, 0) is 4.74 Å². The lowest BCUT2D eigenvalue weighted by molar-refractivity contribution is 0.348. The van der Waals surface area contributed by atoms with Crippen LogP contribution in [0.4, 0.5) is 0 Å². The molecule has 0 spiro atoms. The summed E-state index contributed by atoms with van der Waals surface area (Å²) in [6, 6.07) is 5.70. The van der Waals surface area contributed by atoms with Crippen LogP contribution in [0.15, 0.2) is 27.7 Å². The van der Waals surface area contributed by atoms with Crippen molar-refractivity contribution in [3.8, 4) is 0 Å². The van der Waals surface area contributed by atoms with Gasteiger partial charge in [0.05, 0.1) is 17.1 Å². The molecule has 0 unspecified atom stereocenters. The molecule has 0 amide bonds. The van der Waals surface area contributed by atoms with Crippen molar-refractivity contribution in [1.29, 1.82) is 0 Å². The predicted octanol–water partition coefficient (Wildman–Crippen LogP) is 2.88. The minimum atomic E-state index is 0.645. The number of ether oxygens (including phenoxy) is 1. The van der Waals surface area contributed by atoms with Crippen LogP contribution in [-0.4, -0.2) is 19.0 Å². The summed E-state index contributed by atoms with van der Waals surface area (Å²) in [5, 5.41) is 0.656. The Labute approximate surface area is 89.7 Å². The van der Waals surface area contributed by atoms with Gasteiger partial charge in [-0.25, -0.2) is 4.99 Å². The minimum Gasteiger partial charge on any atom is -0.475 e. The molecule has 0 fully saturated rings. The molecule has 0 radical (unpaired) electrons. The average molecular weight is 261 g/mol. The van der Waals surface area contributed by atoms with Gasteiger partial charge in [-0.1, -0.05) is 17.7 Å². The van der Waals surface area contributed by atoms with Crippen LogP contribution in [0.2, 0.25) is 5.02 Å². The number of hydrogen-bond donors (Lipinski definition) is 0. The molecule has 0 saturated carbocycles. The monoisotopic (exact) mass is 259 g/mol. The minimum absolute atomic E-state index is 0.645. The van der Waals surface area contributed by atoms with E-state index in [0.29, 0.717) is 17.5 Å². The molecule has 0 aliphatic carbocycles. The lowest BCUT2D eigenvalue weighted by Gasteiger charge is -2.04. The van der Waals surface area contributed by atoms with Crippen LogP contribution < -0.4 is 0 Å². The molecule has 0 N–H and O–H groups in total. The maximum Gasteiger partial charge on any atom is 0.217 e. The van der Waals surface area contributed by atoms with Gasteiger partial charge in [-0.15, -0.1) is 0 Å². The van der Waals surface area contributed by atoms with Crippen molar-refractivity contribution < 1.29 is 4.74 Å². The highest BCUT2D eigenvalue weighted by Gasteiger charge is 2.14. The van der Waals surface area contributed by atoms with Gasteiger partial charge in [0.1, 0.15) is 6.61 Å². The Morgan fingerprint density at radius 2 is 2.31 bits per heavy atom. The predicted molar refractivity (Wildman–Crippen MR) is 56.5 cm³/mol. The van der Waals surface area contributed by atoms with Crippen LogP contribution >= 0.6 is 27.5 Å². The van der Waals surface area contributed by atoms with Crippen molar-refractivity contribution in [2.24, 2.45) is 4.99 Å². The zero-order valence-electron chi connectivity index (χ0n) is 6.76. The van der Waals surface area contributed by atoms with Crippen molar-refractivity contribution in [3.05, 3.63) is 33.3 Å². The van der Waals surface area contributed by atoms with Crippen molar-refractivity contribution in [2.75, 3.05) is 13.2 Å². The van der Waals surface area contributed by atoms with Crippen LogP contribution in [0, 0.1) is 0 Å². The molecule has 0 aromatic heterocycles. The Balaban J connectivity index is 2.45. The molecule has 1 aliphatic rings. The van der Waals surface area contributed by atoms with Crippen LogP contribution in [0.5, 0.6) is 0 Å². The van der Waals surface area contributed by atoms with Crippen LogP contribution in [0.1, 0.15) is 5.56 Å². The summed E-state index contributed by atoms with van der Waals surface area (Å²) in [5.74, 6) is 0.645. The van der Waals surface area contributed by atoms with Gasteiger partial charge in [0.25, 0.3) is 0 Å². The van der Waals surface area contributed by atoms with Gasteiger partial charge in [0.2, 0.25) is 5.90 Å². The molecule has 0 atom stereocenters. The molecule has 0 bridgehead atoms. The fourth-order valence-electron chi connectivity index (χ4n) is 1.17. The van der Waals surface area contributed by atoms with E-state index in [1.807, 2.05) is 18.2 Å². The van der Waals surface area contributed by atoms with Gasteiger partial charge in [0.15, 0.2) is 0 Å². The maximum atomic E-state index is 6.07. The SMILES string of the molecule is Clc1c(Br)cccc1C1=NCCO1. The van der Waals surface area contributed by atoms with E-state index in [-0.39, 0.29) is 0 Å². The molecule has 68 valence electrons. The lowest BCUT2D eigenvalue weighted by atomic mass is 10.2. The topological polar surface area (TPSA) is 21.6 Å². The van der Waals surface area contributed by atoms with E-state index in [9.17, 15) is 0 Å². The second kappa shape index (κ2) is 3.68. The van der Waals surface area contributed by atoms with Gasteiger partial charge in [-0.3, -0.25) is 0 Å². The summed E-state index contributed by atoms with van der Waals surface area (Å²) >= 11 is 9.42. The third kappa shape index (κ3) is 1.71. The van der Waals surface area contributed by atoms with Gasteiger partial charge in [0, 0.05) is 4.47 Å². The highest BCUT2D eigenvalue weighted by Crippen LogP contribution is 2.27. The van der Waals surface area contributed by atoms with E-state index in [2.05, 4.69) is 20.9 Å². The number of aliphatic imine (C=N–C) groups is 1. The molecule has 1 aromatic rings. The number of benzene rings is 1. The molecule has 0 saturated heterocycles. The second-order valence-electron chi connectivity index (χ2n) is 2.64. The molecule has 1 heterocycles. The summed E-state index contributed by atoms with van der Waals surface area (Å²) in [6.45, 7) is 1.37. The molecule has 4 heteroatoms. The Morgan fingerprint density at radius 1 is 1.46 bits per heavy atom. The summed E-state index contributed by atoms with van der Waals surface area (Å²) in [5.41, 5.74) is 0.855. The first-order valence-electron chi connectivity index (χ1n) is 3.90. The Kier molecular flexibility index (Phi) is 2.56. The molecular formula is C9H7BrClNO. The first kappa shape index (κ1) is 9.03. The number of rotatable bonds is 1. The van der Waals surface area contributed by atoms with Gasteiger partial charge in [-0.05, 0) is 28.1 Å². The van der Waals surface area contributed by atoms with E-state index < -0.39 is 0 Å². The Hall–Kier alpha value is -0.540. The second-order valence-corrected chi connectivity index (χ2v) is 3.87. The third-order valence-electron chi connectivity index (χ3n) is 1.77. The summed E-state index contributed by atoms with van der Waals surface area (Å²) in [7, 11) is 0. The van der Waals surface area contributed by atoms with E-state index in [1.54, 1.807) is 0 Å². The highest BCUT2D eigenvalue weighted by atomic mass is 79.9. The average Bonchev–Trinajstić information content (AvgIpc) is 2.62. The maximum absolute atomic E-state index is 6.07. The fraction of sp³-hybridized carbons (Fsp3) is 0.222. The molecule has 2 rings (SSSR count). The van der Waals surface area contributed by atoms with Gasteiger partial charge >= 0.3 is 0 Å². The standard InChI is InChI=1S/C9H7BrClNO/c10-7-3-1-2-6(8(7)11)9-12-4-5-13-9/h1-3H,4-5H2. The number of halogens is 2. The normalized spacial score (nSPS) is 15.4. The molecule has 2 nitrogen and oxygen atoms in total. The molecule has 1 aromatic carbocycles. The quantitative estimate of drug-likeness (QED) is 0.761. The summed E-state index contributed by atoms with van der Waals surface area (Å²) < 4.78 is 6.19. The number of nitrogens with zero attached hydrogens (tertiary/aromatic N) is 1. The molecular weight excluding hydrogens is 253 g/mol. The summed E-state index contributed by atoms with van der Waals surface area (Å²) in [4.78, 5) is 4.20.